The highest BCUT2D eigenvalue weighted by Gasteiger charge is 2.58. The Bertz CT molecular complexity index is 531. The van der Waals surface area contributed by atoms with Gasteiger partial charge in [-0.2, -0.15) is 0 Å². The van der Waals surface area contributed by atoms with E-state index >= 15 is 0 Å². The van der Waals surface area contributed by atoms with E-state index in [0.717, 1.165) is 42.9 Å². The molecule has 0 saturated heterocycles. The van der Waals surface area contributed by atoms with E-state index in [1.165, 1.54) is 38.5 Å². The van der Waals surface area contributed by atoms with Gasteiger partial charge in [0.1, 0.15) is 5.78 Å². The first kappa shape index (κ1) is 18.0. The van der Waals surface area contributed by atoms with Gasteiger partial charge in [-0.15, -0.1) is 0 Å². The minimum Gasteiger partial charge on any atom is -0.387 e. The van der Waals surface area contributed by atoms with Crippen molar-refractivity contribution in [1.82, 2.24) is 0 Å². The molecule has 0 heterocycles. The normalized spacial score (nSPS) is 52.2. The van der Waals surface area contributed by atoms with Crippen molar-refractivity contribution in [3.05, 3.63) is 0 Å². The van der Waals surface area contributed by atoms with Crippen LogP contribution in [0, 0.1) is 40.9 Å². The molecule has 1 N–H and O–H groups in total. The number of carbonyl (C=O) groups excluding carboxylic acids is 1. The van der Waals surface area contributed by atoms with Crippen LogP contribution in [0.3, 0.4) is 0 Å². The molecule has 0 aromatic heterocycles. The van der Waals surface area contributed by atoms with Crippen LogP contribution in [0.25, 0.3) is 0 Å². The molecule has 0 aromatic rings. The molecule has 142 valence electrons. The zero-order chi connectivity index (χ0) is 17.8. The fraction of sp³-hybridized carbons (Fsp3) is 0.955. The lowest BCUT2D eigenvalue weighted by Crippen LogP contribution is -2.52. The Balaban J connectivity index is 1.51. The van der Waals surface area contributed by atoms with Crippen LogP contribution in [0.1, 0.15) is 71.6 Å². The number of hydrogen-bond donors (Lipinski definition) is 1. The number of ketones is 1. The van der Waals surface area contributed by atoms with Crippen molar-refractivity contribution in [2.24, 2.45) is 40.9 Å². The molecule has 0 amide bonds. The standard InChI is InChI=1S/C22H36O3/c1-14(23)19-6-7-20-18-5-4-15-12-22(24,13-25-3)11-9-16(15)17(18)8-10-21(19,20)2/h15-20,24H,4-13H2,1-3H3/t15-,16?,17-,18?,19-,20+,21-,22-/m1/s1. The van der Waals surface area contributed by atoms with Crippen molar-refractivity contribution in [3.63, 3.8) is 0 Å². The molecular weight excluding hydrogens is 312 g/mol. The molecule has 8 atom stereocenters. The maximum Gasteiger partial charge on any atom is 0.133 e. The Labute approximate surface area is 152 Å². The van der Waals surface area contributed by atoms with E-state index in [-0.39, 0.29) is 5.41 Å². The SMILES string of the molecule is COC[C@@]1(O)CCC2[C@H](CCC3[C@@H]2CC[C@]2(C)[C@@H](C(C)=O)CC[C@@H]32)C1. The molecule has 3 nitrogen and oxygen atoms in total. The highest BCUT2D eigenvalue weighted by atomic mass is 16.5. The van der Waals surface area contributed by atoms with E-state index in [1.807, 2.05) is 6.92 Å². The van der Waals surface area contributed by atoms with Gasteiger partial charge in [-0.3, -0.25) is 4.79 Å². The Morgan fingerprint density at radius 3 is 2.52 bits per heavy atom. The van der Waals surface area contributed by atoms with Crippen LogP contribution < -0.4 is 0 Å². The number of hydrogen-bond acceptors (Lipinski definition) is 3. The molecule has 25 heavy (non-hydrogen) atoms. The summed E-state index contributed by atoms with van der Waals surface area (Å²) in [6, 6.07) is 0. The van der Waals surface area contributed by atoms with Crippen LogP contribution in [0.5, 0.6) is 0 Å². The zero-order valence-corrected chi connectivity index (χ0v) is 16.3. The summed E-state index contributed by atoms with van der Waals surface area (Å²) in [5.41, 5.74) is -0.315. The van der Waals surface area contributed by atoms with Gasteiger partial charge in [0.2, 0.25) is 0 Å². The highest BCUT2D eigenvalue weighted by molar-refractivity contribution is 5.79. The Morgan fingerprint density at radius 1 is 1.04 bits per heavy atom. The summed E-state index contributed by atoms with van der Waals surface area (Å²) in [6.07, 6.45) is 10.6. The van der Waals surface area contributed by atoms with E-state index in [1.54, 1.807) is 7.11 Å². The number of rotatable bonds is 3. The van der Waals surface area contributed by atoms with Crippen molar-refractivity contribution >= 4 is 5.78 Å². The summed E-state index contributed by atoms with van der Waals surface area (Å²) in [5.74, 6) is 4.67. The highest BCUT2D eigenvalue weighted by Crippen LogP contribution is 2.64. The van der Waals surface area contributed by atoms with Crippen LogP contribution in [-0.4, -0.2) is 30.2 Å². The van der Waals surface area contributed by atoms with Crippen molar-refractivity contribution < 1.29 is 14.6 Å². The second-order valence-corrected chi connectivity index (χ2v) is 10.1. The Hall–Kier alpha value is -0.410. The van der Waals surface area contributed by atoms with Gasteiger partial charge in [0, 0.05) is 13.0 Å². The summed E-state index contributed by atoms with van der Waals surface area (Å²) in [7, 11) is 1.70. The first-order valence-corrected chi connectivity index (χ1v) is 10.6. The fourth-order valence-corrected chi connectivity index (χ4v) is 8.03. The topological polar surface area (TPSA) is 46.5 Å². The van der Waals surface area contributed by atoms with Gasteiger partial charge >= 0.3 is 0 Å². The summed E-state index contributed by atoms with van der Waals surface area (Å²) in [4.78, 5) is 12.2. The molecule has 0 aromatic carbocycles. The molecule has 0 radical (unpaired) electrons. The van der Waals surface area contributed by atoms with Crippen LogP contribution in [-0.2, 0) is 9.53 Å². The lowest BCUT2D eigenvalue weighted by atomic mass is 9.49. The smallest absolute Gasteiger partial charge is 0.133 e. The van der Waals surface area contributed by atoms with Crippen LogP contribution in [0.2, 0.25) is 0 Å². The molecule has 3 heteroatoms. The molecule has 4 aliphatic rings. The molecule has 4 aliphatic carbocycles. The van der Waals surface area contributed by atoms with Crippen LogP contribution in [0.4, 0.5) is 0 Å². The lowest BCUT2D eigenvalue weighted by molar-refractivity contribution is -0.134. The number of fused-ring (bicyclic) bond motifs is 5. The second kappa shape index (κ2) is 6.34. The molecule has 4 saturated carbocycles. The number of aliphatic hydroxyl groups is 1. The predicted octanol–water partition coefficient (Wildman–Crippen LogP) is 4.22. The van der Waals surface area contributed by atoms with Crippen molar-refractivity contribution in [3.8, 4) is 0 Å². The lowest BCUT2D eigenvalue weighted by Gasteiger charge is -2.57. The van der Waals surface area contributed by atoms with Gasteiger partial charge in [0.25, 0.3) is 0 Å². The molecule has 4 fully saturated rings. The molecule has 4 rings (SSSR count). The van der Waals surface area contributed by atoms with Gasteiger partial charge in [0.05, 0.1) is 12.2 Å². The minimum atomic E-state index is -0.584. The number of carbonyl (C=O) groups is 1. The van der Waals surface area contributed by atoms with Gasteiger partial charge in [0.15, 0.2) is 0 Å². The van der Waals surface area contributed by atoms with Crippen molar-refractivity contribution in [2.75, 3.05) is 13.7 Å². The van der Waals surface area contributed by atoms with E-state index in [4.69, 9.17) is 4.74 Å². The van der Waals surface area contributed by atoms with Crippen molar-refractivity contribution in [2.45, 2.75) is 77.2 Å². The monoisotopic (exact) mass is 348 g/mol. The fourth-order valence-electron chi connectivity index (χ4n) is 8.03. The van der Waals surface area contributed by atoms with Gasteiger partial charge in [-0.05, 0) is 99.7 Å². The second-order valence-electron chi connectivity index (χ2n) is 10.1. The molecule has 0 spiro atoms. The number of Topliss-reactive ketones (excluding diaryl/α,β-unsaturated/α-hetero) is 1. The maximum atomic E-state index is 12.2. The van der Waals surface area contributed by atoms with E-state index in [0.29, 0.717) is 24.2 Å². The zero-order valence-electron chi connectivity index (χ0n) is 16.3. The molecule has 2 unspecified atom stereocenters. The third kappa shape index (κ3) is 2.81. The van der Waals surface area contributed by atoms with Gasteiger partial charge < -0.3 is 9.84 Å². The van der Waals surface area contributed by atoms with Crippen molar-refractivity contribution in [1.29, 1.82) is 0 Å². The van der Waals surface area contributed by atoms with E-state index in [2.05, 4.69) is 6.92 Å². The predicted molar refractivity (Wildman–Crippen MR) is 98.1 cm³/mol. The Kier molecular flexibility index (Phi) is 4.56. The van der Waals surface area contributed by atoms with E-state index < -0.39 is 5.60 Å². The third-order valence-corrected chi connectivity index (χ3v) is 9.01. The third-order valence-electron chi connectivity index (χ3n) is 9.01. The molecular formula is C22H36O3. The van der Waals surface area contributed by atoms with Crippen LogP contribution >= 0.6 is 0 Å². The summed E-state index contributed by atoms with van der Waals surface area (Å²) in [6.45, 7) is 4.74. The van der Waals surface area contributed by atoms with Crippen LogP contribution in [0.15, 0.2) is 0 Å². The Morgan fingerprint density at radius 2 is 1.80 bits per heavy atom. The molecule has 0 bridgehead atoms. The van der Waals surface area contributed by atoms with Gasteiger partial charge in [-0.25, -0.2) is 0 Å². The first-order chi connectivity index (χ1) is 11.9. The summed E-state index contributed by atoms with van der Waals surface area (Å²) >= 11 is 0. The average molecular weight is 349 g/mol. The average Bonchev–Trinajstić information content (AvgIpc) is 2.91. The number of ether oxygens (including phenoxy) is 1. The minimum absolute atomic E-state index is 0.269. The quantitative estimate of drug-likeness (QED) is 0.830. The summed E-state index contributed by atoms with van der Waals surface area (Å²) in [5, 5.41) is 10.8. The van der Waals surface area contributed by atoms with E-state index in [9.17, 15) is 9.90 Å². The first-order valence-electron chi connectivity index (χ1n) is 10.6. The largest absolute Gasteiger partial charge is 0.387 e. The molecule has 0 aliphatic heterocycles. The summed E-state index contributed by atoms with van der Waals surface area (Å²) < 4.78 is 5.29. The maximum absolute atomic E-state index is 12.2. The number of methoxy groups -OCH3 is 1. The van der Waals surface area contributed by atoms with Gasteiger partial charge in [-0.1, -0.05) is 6.92 Å².